The van der Waals surface area contributed by atoms with E-state index in [0.717, 1.165) is 5.92 Å². The molecule has 0 saturated heterocycles. The quantitative estimate of drug-likeness (QED) is 0.404. The third kappa shape index (κ3) is 3.59. The molecule has 0 N–H and O–H groups in total. The van der Waals surface area contributed by atoms with Crippen molar-refractivity contribution in [2.75, 3.05) is 0 Å². The Hall–Kier alpha value is -1.07. The van der Waals surface area contributed by atoms with Gasteiger partial charge in [-0.25, -0.2) is 0 Å². The van der Waals surface area contributed by atoms with Crippen molar-refractivity contribution >= 4 is 10.8 Å². The molecule has 1 heteroatoms. The Kier molecular flexibility index (Phi) is 6.05. The SMILES string of the molecule is CCCc1ccc(-c2cccc3[cH-]c(C4CCCC4)c(C)c23)cc1.[Zr]. The monoisotopic (exact) mass is 405 g/mol. The van der Waals surface area contributed by atoms with Crippen LogP contribution in [0.1, 0.15) is 61.6 Å². The summed E-state index contributed by atoms with van der Waals surface area (Å²) in [4.78, 5) is 0. The topological polar surface area (TPSA) is 0 Å². The van der Waals surface area contributed by atoms with E-state index in [2.05, 4.69) is 62.4 Å². The number of aryl methyl sites for hydroxylation is 2. The zero-order valence-corrected chi connectivity index (χ0v) is 17.9. The Balaban J connectivity index is 0.00000182. The van der Waals surface area contributed by atoms with Crippen LogP contribution in [0.25, 0.3) is 21.9 Å². The molecule has 0 nitrogen and oxygen atoms in total. The van der Waals surface area contributed by atoms with Gasteiger partial charge in [-0.2, -0.15) is 5.56 Å². The van der Waals surface area contributed by atoms with Crippen molar-refractivity contribution in [3.63, 3.8) is 0 Å². The van der Waals surface area contributed by atoms with E-state index in [1.54, 1.807) is 5.56 Å². The molecule has 1 saturated carbocycles. The van der Waals surface area contributed by atoms with Gasteiger partial charge in [0.15, 0.2) is 0 Å². The molecule has 1 aliphatic rings. The molecule has 0 amide bonds. The molecule has 128 valence electrons. The second kappa shape index (κ2) is 8.09. The van der Waals surface area contributed by atoms with Crippen LogP contribution in [0.5, 0.6) is 0 Å². The second-order valence-corrected chi connectivity index (χ2v) is 7.42. The van der Waals surface area contributed by atoms with E-state index in [9.17, 15) is 0 Å². The van der Waals surface area contributed by atoms with Gasteiger partial charge in [-0.15, -0.1) is 34.5 Å². The molecule has 0 bridgehead atoms. The fourth-order valence-electron chi connectivity index (χ4n) is 4.57. The fraction of sp³-hybridized carbons (Fsp3) is 0.375. The fourth-order valence-corrected chi connectivity index (χ4v) is 4.57. The molecule has 3 aromatic rings. The third-order valence-corrected chi connectivity index (χ3v) is 5.81. The van der Waals surface area contributed by atoms with Gasteiger partial charge < -0.3 is 0 Å². The summed E-state index contributed by atoms with van der Waals surface area (Å²) in [5, 5.41) is 2.90. The zero-order chi connectivity index (χ0) is 16.5. The number of benzene rings is 2. The summed E-state index contributed by atoms with van der Waals surface area (Å²) in [6, 6.07) is 18.5. The van der Waals surface area contributed by atoms with Crippen LogP contribution in [0.2, 0.25) is 0 Å². The number of hydrogen-bond acceptors (Lipinski definition) is 0. The third-order valence-electron chi connectivity index (χ3n) is 5.81. The Morgan fingerprint density at radius 2 is 1.72 bits per heavy atom. The van der Waals surface area contributed by atoms with Crippen molar-refractivity contribution in [2.24, 2.45) is 0 Å². The number of hydrogen-bond donors (Lipinski definition) is 0. The van der Waals surface area contributed by atoms with Gasteiger partial charge in [0.2, 0.25) is 0 Å². The van der Waals surface area contributed by atoms with Crippen LogP contribution < -0.4 is 0 Å². The molecule has 1 aliphatic carbocycles. The van der Waals surface area contributed by atoms with Crippen molar-refractivity contribution in [1.82, 2.24) is 0 Å². The first-order chi connectivity index (χ1) is 11.8. The van der Waals surface area contributed by atoms with Crippen LogP contribution >= 0.6 is 0 Å². The van der Waals surface area contributed by atoms with Crippen LogP contribution in [0.3, 0.4) is 0 Å². The van der Waals surface area contributed by atoms with Crippen LogP contribution in [-0.4, -0.2) is 0 Å². The molecule has 0 heterocycles. The predicted octanol–water partition coefficient (Wildman–Crippen LogP) is 7.14. The zero-order valence-electron chi connectivity index (χ0n) is 15.4. The standard InChI is InChI=1S/C24H27.Zr/c1-3-7-18-12-14-20(15-13-18)22-11-6-10-21-16-23(17(2)24(21)22)19-8-4-5-9-19;/h6,10-16,19H,3-5,7-9H2,1-2H3;/q-1;. The summed E-state index contributed by atoms with van der Waals surface area (Å²) in [7, 11) is 0. The molecule has 3 aromatic carbocycles. The largest absolute Gasteiger partial charge is 0.152 e. The molecule has 1 fully saturated rings. The van der Waals surface area contributed by atoms with Crippen LogP contribution in [0.4, 0.5) is 0 Å². The second-order valence-electron chi connectivity index (χ2n) is 7.42. The van der Waals surface area contributed by atoms with Gasteiger partial charge in [0.1, 0.15) is 0 Å². The average Bonchev–Trinajstić information content (AvgIpc) is 3.24. The minimum atomic E-state index is 0. The maximum absolute atomic E-state index is 2.47. The average molecular weight is 407 g/mol. The van der Waals surface area contributed by atoms with E-state index >= 15 is 0 Å². The molecule has 4 rings (SSSR count). The van der Waals surface area contributed by atoms with E-state index in [4.69, 9.17) is 0 Å². The van der Waals surface area contributed by atoms with Gasteiger partial charge in [0.25, 0.3) is 0 Å². The normalized spacial score (nSPS) is 14.8. The van der Waals surface area contributed by atoms with Crippen molar-refractivity contribution < 1.29 is 26.2 Å². The Morgan fingerprint density at radius 1 is 1.00 bits per heavy atom. The van der Waals surface area contributed by atoms with E-state index in [1.165, 1.54) is 71.6 Å². The van der Waals surface area contributed by atoms with Gasteiger partial charge in [0, 0.05) is 26.2 Å². The molecule has 0 aromatic heterocycles. The Bertz CT molecular complexity index is 832. The summed E-state index contributed by atoms with van der Waals surface area (Å²) in [6.45, 7) is 4.58. The summed E-state index contributed by atoms with van der Waals surface area (Å²) in [5.74, 6) is 0.789. The first kappa shape index (κ1) is 18.7. The molecule has 0 spiro atoms. The molecular weight excluding hydrogens is 379 g/mol. The molecule has 0 aliphatic heterocycles. The van der Waals surface area contributed by atoms with E-state index in [-0.39, 0.29) is 26.2 Å². The predicted molar refractivity (Wildman–Crippen MR) is 105 cm³/mol. The number of rotatable bonds is 4. The summed E-state index contributed by atoms with van der Waals surface area (Å²) >= 11 is 0. The van der Waals surface area contributed by atoms with E-state index < -0.39 is 0 Å². The van der Waals surface area contributed by atoms with Gasteiger partial charge in [0.05, 0.1) is 0 Å². The van der Waals surface area contributed by atoms with Crippen molar-refractivity contribution in [2.45, 2.75) is 58.3 Å². The molecule has 0 radical (unpaired) electrons. The smallest absolute Gasteiger partial charge is 0 e. The summed E-state index contributed by atoms with van der Waals surface area (Å²) < 4.78 is 0. The van der Waals surface area contributed by atoms with E-state index in [1.807, 2.05) is 0 Å². The first-order valence-corrected chi connectivity index (χ1v) is 9.56. The van der Waals surface area contributed by atoms with Crippen LogP contribution in [0.15, 0.2) is 48.5 Å². The maximum atomic E-state index is 2.47. The molecule has 25 heavy (non-hydrogen) atoms. The Morgan fingerprint density at radius 3 is 2.40 bits per heavy atom. The van der Waals surface area contributed by atoms with Crippen molar-refractivity contribution in [3.8, 4) is 11.1 Å². The first-order valence-electron chi connectivity index (χ1n) is 9.56. The van der Waals surface area contributed by atoms with Gasteiger partial charge >= 0.3 is 0 Å². The van der Waals surface area contributed by atoms with Crippen molar-refractivity contribution in [3.05, 3.63) is 65.2 Å². The molecular formula is C24H27Zr-. The van der Waals surface area contributed by atoms with Gasteiger partial charge in [-0.05, 0) is 36.3 Å². The minimum absolute atomic E-state index is 0. The maximum Gasteiger partial charge on any atom is 0 e. The Labute approximate surface area is 171 Å². The van der Waals surface area contributed by atoms with Gasteiger partial charge in [-0.3, -0.25) is 0 Å². The van der Waals surface area contributed by atoms with E-state index in [0.29, 0.717) is 0 Å². The minimum Gasteiger partial charge on any atom is -0.152 e. The summed E-state index contributed by atoms with van der Waals surface area (Å²) in [5.41, 5.74) is 7.33. The van der Waals surface area contributed by atoms with Gasteiger partial charge in [-0.1, -0.05) is 69.0 Å². The number of fused-ring (bicyclic) bond motifs is 1. The summed E-state index contributed by atoms with van der Waals surface area (Å²) in [6.07, 6.45) is 7.93. The van der Waals surface area contributed by atoms with Crippen LogP contribution in [-0.2, 0) is 32.6 Å². The molecule has 0 atom stereocenters. The van der Waals surface area contributed by atoms with Crippen LogP contribution in [0, 0.1) is 6.92 Å². The van der Waals surface area contributed by atoms with Crippen molar-refractivity contribution in [1.29, 1.82) is 0 Å². The molecule has 0 unspecified atom stereocenters.